The molecule has 124 valence electrons. The third kappa shape index (κ3) is 2.93. The molecule has 1 aliphatic rings. The van der Waals surface area contributed by atoms with E-state index in [4.69, 9.17) is 18.9 Å². The van der Waals surface area contributed by atoms with Crippen LogP contribution in [0.2, 0.25) is 0 Å². The Bertz CT molecular complexity index is 807. The molecule has 2 aromatic carbocycles. The van der Waals surface area contributed by atoms with Gasteiger partial charge in [0.2, 0.25) is 0 Å². The summed E-state index contributed by atoms with van der Waals surface area (Å²) in [6.07, 6.45) is 1.60. The Balaban J connectivity index is 1.96. The summed E-state index contributed by atoms with van der Waals surface area (Å²) in [6.45, 7) is 0.279. The first kappa shape index (κ1) is 15.9. The van der Waals surface area contributed by atoms with Gasteiger partial charge in [0.1, 0.15) is 18.1 Å². The molecule has 24 heavy (non-hydrogen) atoms. The maximum absolute atomic E-state index is 12.5. The average molecular weight is 326 g/mol. The Morgan fingerprint density at radius 3 is 2.42 bits per heavy atom. The Hall–Kier alpha value is -2.95. The van der Waals surface area contributed by atoms with Gasteiger partial charge < -0.3 is 18.9 Å². The maximum Gasteiger partial charge on any atom is 0.189 e. The number of ether oxygens (including phenoxy) is 4. The summed E-state index contributed by atoms with van der Waals surface area (Å²) in [5, 5.41) is 0. The molecule has 0 aromatic heterocycles. The zero-order valence-electron chi connectivity index (χ0n) is 13.8. The number of methoxy groups -OCH3 is 3. The first-order valence-electron chi connectivity index (χ1n) is 7.44. The van der Waals surface area contributed by atoms with Crippen molar-refractivity contribution in [2.24, 2.45) is 0 Å². The molecule has 5 heteroatoms. The molecular formula is C19H18O5. The van der Waals surface area contributed by atoms with E-state index >= 15 is 0 Å². The Labute approximate surface area is 140 Å². The summed E-state index contributed by atoms with van der Waals surface area (Å²) < 4.78 is 21.6. The van der Waals surface area contributed by atoms with Gasteiger partial charge in [0.25, 0.3) is 0 Å². The van der Waals surface area contributed by atoms with Crippen molar-refractivity contribution in [3.8, 4) is 23.0 Å². The van der Waals surface area contributed by atoms with Gasteiger partial charge in [-0.3, -0.25) is 4.79 Å². The van der Waals surface area contributed by atoms with Crippen molar-refractivity contribution in [2.45, 2.75) is 0 Å². The lowest BCUT2D eigenvalue weighted by atomic mass is 10.0. The quantitative estimate of drug-likeness (QED) is 0.862. The molecule has 0 fully saturated rings. The van der Waals surface area contributed by atoms with Crippen molar-refractivity contribution < 1.29 is 23.7 Å². The minimum absolute atomic E-state index is 0.102. The van der Waals surface area contributed by atoms with Crippen LogP contribution in [0.15, 0.2) is 42.5 Å². The first-order chi connectivity index (χ1) is 11.7. The molecule has 0 bridgehead atoms. The number of carbonyl (C=O) groups excluding carboxylic acids is 1. The highest BCUT2D eigenvalue weighted by Crippen LogP contribution is 2.33. The third-order valence-electron chi connectivity index (χ3n) is 3.90. The molecule has 0 amide bonds. The van der Waals surface area contributed by atoms with Gasteiger partial charge in [-0.25, -0.2) is 0 Å². The molecule has 0 saturated carbocycles. The number of hydrogen-bond donors (Lipinski definition) is 0. The number of allylic oxidation sites excluding steroid dienone is 1. The van der Waals surface area contributed by atoms with Crippen LogP contribution in [0.3, 0.4) is 0 Å². The second-order valence-electron chi connectivity index (χ2n) is 5.25. The fraction of sp³-hybridized carbons (Fsp3) is 0.211. The predicted octanol–water partition coefficient (Wildman–Crippen LogP) is 3.37. The minimum Gasteiger partial charge on any atom is -0.497 e. The topological polar surface area (TPSA) is 54.0 Å². The molecule has 0 N–H and O–H groups in total. The van der Waals surface area contributed by atoms with E-state index in [1.165, 1.54) is 0 Å². The normalized spacial score (nSPS) is 13.3. The van der Waals surface area contributed by atoms with Crippen LogP contribution in [-0.2, 0) is 0 Å². The second kappa shape index (κ2) is 6.66. The maximum atomic E-state index is 12.5. The molecule has 0 aliphatic carbocycles. The van der Waals surface area contributed by atoms with Crippen LogP contribution in [0.4, 0.5) is 0 Å². The van der Waals surface area contributed by atoms with E-state index in [0.717, 1.165) is 11.1 Å². The van der Waals surface area contributed by atoms with Crippen LogP contribution >= 0.6 is 0 Å². The first-order valence-corrected chi connectivity index (χ1v) is 7.44. The SMILES string of the molecule is COc1ccc2c(c1)OCC(c1ccc(OC)c(OC)c1)=CC2=O. The summed E-state index contributed by atoms with van der Waals surface area (Å²) in [4.78, 5) is 12.5. The van der Waals surface area contributed by atoms with Crippen LogP contribution in [-0.4, -0.2) is 33.7 Å². The summed E-state index contributed by atoms with van der Waals surface area (Å²) in [5.41, 5.74) is 2.14. The van der Waals surface area contributed by atoms with Gasteiger partial charge >= 0.3 is 0 Å². The smallest absolute Gasteiger partial charge is 0.189 e. The fourth-order valence-electron chi connectivity index (χ4n) is 2.59. The van der Waals surface area contributed by atoms with Gasteiger partial charge in [0.05, 0.1) is 26.9 Å². The number of fused-ring (bicyclic) bond motifs is 1. The third-order valence-corrected chi connectivity index (χ3v) is 3.90. The van der Waals surface area contributed by atoms with Crippen LogP contribution in [0.1, 0.15) is 15.9 Å². The van der Waals surface area contributed by atoms with Crippen molar-refractivity contribution in [1.29, 1.82) is 0 Å². The molecule has 0 spiro atoms. The average Bonchev–Trinajstić information content (AvgIpc) is 2.79. The van der Waals surface area contributed by atoms with E-state index in [1.807, 2.05) is 12.1 Å². The van der Waals surface area contributed by atoms with Gasteiger partial charge in [-0.15, -0.1) is 0 Å². The van der Waals surface area contributed by atoms with Crippen molar-refractivity contribution >= 4 is 11.4 Å². The van der Waals surface area contributed by atoms with E-state index < -0.39 is 0 Å². The van der Waals surface area contributed by atoms with E-state index in [0.29, 0.717) is 28.6 Å². The van der Waals surface area contributed by atoms with Crippen LogP contribution in [0.5, 0.6) is 23.0 Å². The zero-order chi connectivity index (χ0) is 17.1. The van der Waals surface area contributed by atoms with Crippen LogP contribution < -0.4 is 18.9 Å². The van der Waals surface area contributed by atoms with E-state index in [-0.39, 0.29) is 12.4 Å². The molecule has 3 rings (SSSR count). The number of hydrogen-bond acceptors (Lipinski definition) is 5. The Kier molecular flexibility index (Phi) is 4.42. The largest absolute Gasteiger partial charge is 0.497 e. The molecule has 0 unspecified atom stereocenters. The van der Waals surface area contributed by atoms with Gasteiger partial charge in [-0.1, -0.05) is 6.07 Å². The van der Waals surface area contributed by atoms with Crippen molar-refractivity contribution in [2.75, 3.05) is 27.9 Å². The summed E-state index contributed by atoms with van der Waals surface area (Å²) in [5.74, 6) is 2.31. The highest BCUT2D eigenvalue weighted by molar-refractivity contribution is 6.11. The van der Waals surface area contributed by atoms with Crippen LogP contribution in [0.25, 0.3) is 5.57 Å². The lowest BCUT2D eigenvalue weighted by Gasteiger charge is -2.12. The van der Waals surface area contributed by atoms with Gasteiger partial charge in [-0.05, 0) is 35.9 Å². The molecule has 0 radical (unpaired) electrons. The lowest BCUT2D eigenvalue weighted by Crippen LogP contribution is -2.01. The molecule has 1 aliphatic heterocycles. The van der Waals surface area contributed by atoms with Crippen molar-refractivity contribution in [1.82, 2.24) is 0 Å². The van der Waals surface area contributed by atoms with E-state index in [1.54, 1.807) is 51.7 Å². The number of carbonyl (C=O) groups is 1. The van der Waals surface area contributed by atoms with Gasteiger partial charge in [-0.2, -0.15) is 0 Å². The highest BCUT2D eigenvalue weighted by atomic mass is 16.5. The van der Waals surface area contributed by atoms with E-state index in [9.17, 15) is 4.79 Å². The second-order valence-corrected chi connectivity index (χ2v) is 5.25. The summed E-state index contributed by atoms with van der Waals surface area (Å²) in [7, 11) is 4.74. The van der Waals surface area contributed by atoms with Crippen molar-refractivity contribution in [3.63, 3.8) is 0 Å². The van der Waals surface area contributed by atoms with Crippen LogP contribution in [0, 0.1) is 0 Å². The van der Waals surface area contributed by atoms with Crippen molar-refractivity contribution in [3.05, 3.63) is 53.6 Å². The molecular weight excluding hydrogens is 308 g/mol. The van der Waals surface area contributed by atoms with E-state index in [2.05, 4.69) is 0 Å². The molecule has 1 heterocycles. The number of benzene rings is 2. The summed E-state index contributed by atoms with van der Waals surface area (Å²) in [6, 6.07) is 10.7. The summed E-state index contributed by atoms with van der Waals surface area (Å²) >= 11 is 0. The Morgan fingerprint density at radius 2 is 1.71 bits per heavy atom. The number of ketones is 1. The monoisotopic (exact) mass is 326 g/mol. The lowest BCUT2D eigenvalue weighted by molar-refractivity contribution is 0.104. The molecule has 2 aromatic rings. The fourth-order valence-corrected chi connectivity index (χ4v) is 2.59. The molecule has 0 saturated heterocycles. The molecule has 5 nitrogen and oxygen atoms in total. The van der Waals surface area contributed by atoms with Gasteiger partial charge in [0.15, 0.2) is 17.3 Å². The Morgan fingerprint density at radius 1 is 0.917 bits per heavy atom. The van der Waals surface area contributed by atoms with Gasteiger partial charge in [0, 0.05) is 11.6 Å². The number of rotatable bonds is 4. The molecule has 0 atom stereocenters. The predicted molar refractivity (Wildman–Crippen MR) is 90.3 cm³/mol. The highest BCUT2D eigenvalue weighted by Gasteiger charge is 2.19. The standard InChI is InChI=1S/C19H18O5/c1-21-14-5-6-15-16(20)8-13(11-24-18(15)10-14)12-4-7-17(22-2)19(9-12)23-3/h4-10H,11H2,1-3H3. The zero-order valence-corrected chi connectivity index (χ0v) is 13.8. The minimum atomic E-state index is -0.102.